The Hall–Kier alpha value is -2.80. The van der Waals surface area contributed by atoms with Crippen LogP contribution in [0.15, 0.2) is 40.1 Å². The maximum absolute atomic E-state index is 12.5. The van der Waals surface area contributed by atoms with E-state index in [0.717, 1.165) is 12.2 Å². The third kappa shape index (κ3) is 3.36. The lowest BCUT2D eigenvalue weighted by molar-refractivity contribution is 0.102. The zero-order valence-electron chi connectivity index (χ0n) is 13.6. The van der Waals surface area contributed by atoms with Crippen molar-refractivity contribution in [1.29, 1.82) is 0 Å². The van der Waals surface area contributed by atoms with Gasteiger partial charge in [-0.1, -0.05) is 0 Å². The molecule has 0 spiro atoms. The van der Waals surface area contributed by atoms with Crippen LogP contribution in [0.2, 0.25) is 0 Å². The molecule has 3 heterocycles. The maximum Gasteiger partial charge on any atom is 0.257 e. The molecule has 0 unspecified atom stereocenters. The number of furan rings is 1. The first-order chi connectivity index (χ1) is 12.2. The van der Waals surface area contributed by atoms with Crippen molar-refractivity contribution in [1.82, 2.24) is 4.98 Å². The summed E-state index contributed by atoms with van der Waals surface area (Å²) < 4.78 is 16.7. The number of aryl methyl sites for hydroxylation is 1. The van der Waals surface area contributed by atoms with Gasteiger partial charge in [-0.15, -0.1) is 11.3 Å². The molecule has 2 aromatic heterocycles. The summed E-state index contributed by atoms with van der Waals surface area (Å²) in [6.45, 7) is 3.08. The van der Waals surface area contributed by atoms with Gasteiger partial charge in [0.1, 0.15) is 11.5 Å². The molecule has 1 N–H and O–H groups in total. The van der Waals surface area contributed by atoms with Crippen molar-refractivity contribution in [2.45, 2.75) is 13.3 Å². The van der Waals surface area contributed by atoms with E-state index in [-0.39, 0.29) is 5.91 Å². The minimum Gasteiger partial charge on any atom is -0.490 e. The number of nitrogens with zero attached hydrogens (tertiary/aromatic N) is 1. The minimum atomic E-state index is -0.243. The second-order valence-corrected chi connectivity index (χ2v) is 6.47. The Morgan fingerprint density at radius 2 is 2.00 bits per heavy atom. The van der Waals surface area contributed by atoms with Crippen LogP contribution in [-0.2, 0) is 0 Å². The molecule has 3 aromatic rings. The molecule has 4 rings (SSSR count). The lowest BCUT2D eigenvalue weighted by Gasteiger charge is -2.08. The van der Waals surface area contributed by atoms with Crippen LogP contribution < -0.4 is 14.8 Å². The summed E-state index contributed by atoms with van der Waals surface area (Å²) in [5.41, 5.74) is 1.20. The van der Waals surface area contributed by atoms with Crippen LogP contribution in [0.4, 0.5) is 5.13 Å². The van der Waals surface area contributed by atoms with E-state index in [1.807, 2.05) is 24.4 Å². The molecule has 0 saturated heterocycles. The number of benzene rings is 1. The number of hydrogen-bond acceptors (Lipinski definition) is 6. The molecule has 1 amide bonds. The number of fused-ring (bicyclic) bond motifs is 1. The molecule has 0 bridgehead atoms. The number of nitrogens with one attached hydrogen (secondary N) is 1. The van der Waals surface area contributed by atoms with E-state index in [1.54, 1.807) is 18.2 Å². The van der Waals surface area contributed by atoms with Gasteiger partial charge in [0, 0.05) is 17.4 Å². The molecule has 1 aromatic carbocycles. The predicted octanol–water partition coefficient (Wildman–Crippen LogP) is 4.13. The topological polar surface area (TPSA) is 73.6 Å². The van der Waals surface area contributed by atoms with Crippen LogP contribution >= 0.6 is 11.3 Å². The van der Waals surface area contributed by atoms with E-state index in [1.165, 1.54) is 11.3 Å². The van der Waals surface area contributed by atoms with Crippen LogP contribution in [0.3, 0.4) is 0 Å². The third-order valence-corrected chi connectivity index (χ3v) is 4.48. The van der Waals surface area contributed by atoms with Gasteiger partial charge in [-0.3, -0.25) is 10.1 Å². The highest BCUT2D eigenvalue weighted by Crippen LogP contribution is 2.31. The van der Waals surface area contributed by atoms with Crippen molar-refractivity contribution in [3.05, 3.63) is 47.0 Å². The molecule has 128 valence electrons. The number of carbonyl (C=O) groups excluding carboxylic acids is 1. The molecule has 1 aliphatic rings. The first-order valence-corrected chi connectivity index (χ1v) is 8.80. The number of rotatable bonds is 3. The van der Waals surface area contributed by atoms with Gasteiger partial charge in [-0.05, 0) is 37.3 Å². The highest BCUT2D eigenvalue weighted by atomic mass is 32.1. The zero-order valence-corrected chi connectivity index (χ0v) is 14.4. The van der Waals surface area contributed by atoms with Crippen molar-refractivity contribution >= 4 is 22.4 Å². The fourth-order valence-corrected chi connectivity index (χ4v) is 3.19. The lowest BCUT2D eigenvalue weighted by atomic mass is 10.2. The van der Waals surface area contributed by atoms with Crippen molar-refractivity contribution < 1.29 is 18.7 Å². The fourth-order valence-electron chi connectivity index (χ4n) is 2.49. The van der Waals surface area contributed by atoms with Crippen LogP contribution in [0.25, 0.3) is 11.5 Å². The summed E-state index contributed by atoms with van der Waals surface area (Å²) in [6, 6.07) is 8.91. The summed E-state index contributed by atoms with van der Waals surface area (Å²) in [5, 5.41) is 5.17. The minimum absolute atomic E-state index is 0.243. The highest BCUT2D eigenvalue weighted by Gasteiger charge is 2.16. The molecule has 0 radical (unpaired) electrons. The Morgan fingerprint density at radius 3 is 2.80 bits per heavy atom. The molecule has 0 aliphatic carbocycles. The highest BCUT2D eigenvalue weighted by molar-refractivity contribution is 7.14. The number of aromatic nitrogens is 1. The largest absolute Gasteiger partial charge is 0.490 e. The average Bonchev–Trinajstić information content (AvgIpc) is 3.17. The lowest BCUT2D eigenvalue weighted by Crippen LogP contribution is -2.12. The first-order valence-electron chi connectivity index (χ1n) is 7.92. The van der Waals surface area contributed by atoms with Crippen LogP contribution in [-0.4, -0.2) is 24.1 Å². The molecule has 0 saturated carbocycles. The standard InChI is InChI=1S/C18H16N2O4S/c1-11-3-5-14(24-11)13-10-25-18(19-13)20-17(21)12-4-6-15-16(9-12)23-8-2-7-22-15/h3-6,9-10H,2,7-8H2,1H3,(H,19,20,21). The van der Waals surface area contributed by atoms with E-state index in [2.05, 4.69) is 10.3 Å². The van der Waals surface area contributed by atoms with Crippen molar-refractivity contribution in [3.8, 4) is 23.0 Å². The summed E-state index contributed by atoms with van der Waals surface area (Å²) in [6.07, 6.45) is 0.824. The molecule has 0 atom stereocenters. The van der Waals surface area contributed by atoms with E-state index < -0.39 is 0 Å². The summed E-state index contributed by atoms with van der Waals surface area (Å²) in [4.78, 5) is 16.9. The molecule has 0 fully saturated rings. The SMILES string of the molecule is Cc1ccc(-c2csc(NC(=O)c3ccc4c(c3)OCCCO4)n2)o1. The van der Waals surface area contributed by atoms with Crippen molar-refractivity contribution in [2.75, 3.05) is 18.5 Å². The second-order valence-electron chi connectivity index (χ2n) is 5.61. The fraction of sp³-hybridized carbons (Fsp3) is 0.222. The van der Waals surface area contributed by atoms with Gasteiger partial charge in [0.2, 0.25) is 0 Å². The Labute approximate surface area is 148 Å². The Bertz CT molecular complexity index is 915. The van der Waals surface area contributed by atoms with Gasteiger partial charge in [0.05, 0.1) is 13.2 Å². The Morgan fingerprint density at radius 1 is 1.16 bits per heavy atom. The average molecular weight is 356 g/mol. The number of carbonyl (C=O) groups is 1. The Balaban J connectivity index is 1.50. The summed E-state index contributed by atoms with van der Waals surface area (Å²) in [5.74, 6) is 2.52. The normalized spacial score (nSPS) is 13.3. The van der Waals surface area contributed by atoms with Gasteiger partial charge >= 0.3 is 0 Å². The number of thiazole rings is 1. The zero-order chi connectivity index (χ0) is 17.2. The van der Waals surface area contributed by atoms with E-state index in [4.69, 9.17) is 13.9 Å². The molecular formula is C18H16N2O4S. The van der Waals surface area contributed by atoms with Gasteiger partial charge in [0.15, 0.2) is 22.4 Å². The quantitative estimate of drug-likeness (QED) is 0.764. The van der Waals surface area contributed by atoms with E-state index in [0.29, 0.717) is 46.9 Å². The van der Waals surface area contributed by atoms with Crippen LogP contribution in [0.1, 0.15) is 22.5 Å². The smallest absolute Gasteiger partial charge is 0.257 e. The van der Waals surface area contributed by atoms with Crippen LogP contribution in [0, 0.1) is 6.92 Å². The van der Waals surface area contributed by atoms with E-state index >= 15 is 0 Å². The molecule has 6 nitrogen and oxygen atoms in total. The van der Waals surface area contributed by atoms with Gasteiger partial charge < -0.3 is 13.9 Å². The molecule has 25 heavy (non-hydrogen) atoms. The van der Waals surface area contributed by atoms with Crippen molar-refractivity contribution in [3.63, 3.8) is 0 Å². The molecular weight excluding hydrogens is 340 g/mol. The van der Waals surface area contributed by atoms with Crippen molar-refractivity contribution in [2.24, 2.45) is 0 Å². The molecule has 1 aliphatic heterocycles. The maximum atomic E-state index is 12.5. The van der Waals surface area contributed by atoms with Crippen LogP contribution in [0.5, 0.6) is 11.5 Å². The number of anilines is 1. The summed E-state index contributed by atoms with van der Waals surface area (Å²) >= 11 is 1.35. The number of ether oxygens (including phenoxy) is 2. The Kier molecular flexibility index (Phi) is 4.15. The monoisotopic (exact) mass is 356 g/mol. The first kappa shape index (κ1) is 15.7. The third-order valence-electron chi connectivity index (χ3n) is 3.73. The predicted molar refractivity (Wildman–Crippen MR) is 94.6 cm³/mol. The van der Waals surface area contributed by atoms with Gasteiger partial charge in [0.25, 0.3) is 5.91 Å². The number of hydrogen-bond donors (Lipinski definition) is 1. The second kappa shape index (κ2) is 6.60. The van der Waals surface area contributed by atoms with Gasteiger partial charge in [-0.2, -0.15) is 0 Å². The number of amides is 1. The summed E-state index contributed by atoms with van der Waals surface area (Å²) in [7, 11) is 0. The van der Waals surface area contributed by atoms with E-state index in [9.17, 15) is 4.79 Å². The van der Waals surface area contributed by atoms with Gasteiger partial charge in [-0.25, -0.2) is 4.98 Å². The molecule has 7 heteroatoms.